The van der Waals surface area contributed by atoms with E-state index in [0.717, 1.165) is 29.7 Å². The molecule has 0 fully saturated rings. The Labute approximate surface area is 113 Å². The van der Waals surface area contributed by atoms with E-state index in [4.69, 9.17) is 0 Å². The zero-order chi connectivity index (χ0) is 13.8. The van der Waals surface area contributed by atoms with Crippen LogP contribution in [0.4, 0.5) is 5.69 Å². The fraction of sp³-hybridized carbons (Fsp3) is 0.333. The molecule has 2 rings (SSSR count). The van der Waals surface area contributed by atoms with E-state index >= 15 is 0 Å². The summed E-state index contributed by atoms with van der Waals surface area (Å²) in [4.78, 5) is 16.2. The van der Waals surface area contributed by atoms with Crippen LogP contribution in [0, 0.1) is 0 Å². The number of carbonyl (C=O) groups is 1. The Hall–Kier alpha value is -2.10. The molecule has 0 unspecified atom stereocenters. The minimum atomic E-state index is -0.115. The Bertz CT molecular complexity index is 565. The number of aromatic nitrogens is 2. The second-order valence-corrected chi connectivity index (χ2v) is 4.50. The second kappa shape index (κ2) is 5.69. The van der Waals surface area contributed by atoms with Crippen LogP contribution in [0.3, 0.4) is 0 Å². The van der Waals surface area contributed by atoms with Gasteiger partial charge >= 0.3 is 0 Å². The molecule has 0 radical (unpaired) electrons. The standard InChI is InChI=1S/C15H19N3O/c1-4-11-7-6-8-12(5-2)14(11)17-15(19)13-9-16-10-18(13)3/h6-10H,4-5H2,1-3H3,(H,17,19). The number of hydrogen-bond donors (Lipinski definition) is 1. The van der Waals surface area contributed by atoms with Gasteiger partial charge in [0.15, 0.2) is 0 Å². The summed E-state index contributed by atoms with van der Waals surface area (Å²) in [7, 11) is 1.81. The topological polar surface area (TPSA) is 46.9 Å². The van der Waals surface area contributed by atoms with Crippen LogP contribution in [-0.2, 0) is 19.9 Å². The minimum absolute atomic E-state index is 0.115. The van der Waals surface area contributed by atoms with Crippen LogP contribution in [0.5, 0.6) is 0 Å². The molecule has 0 spiro atoms. The molecular formula is C15H19N3O. The molecule has 1 heterocycles. The Balaban J connectivity index is 2.33. The van der Waals surface area contributed by atoms with Gasteiger partial charge in [-0.15, -0.1) is 0 Å². The number of imidazole rings is 1. The maximum atomic E-state index is 12.3. The number of hydrogen-bond acceptors (Lipinski definition) is 2. The molecule has 0 saturated heterocycles. The largest absolute Gasteiger partial charge is 0.330 e. The number of benzene rings is 1. The molecule has 0 bridgehead atoms. The lowest BCUT2D eigenvalue weighted by molar-refractivity contribution is 0.101. The van der Waals surface area contributed by atoms with Crippen molar-refractivity contribution in [2.45, 2.75) is 26.7 Å². The first kappa shape index (κ1) is 13.3. The van der Waals surface area contributed by atoms with Crippen LogP contribution in [0.1, 0.15) is 35.5 Å². The van der Waals surface area contributed by atoms with Crippen molar-refractivity contribution in [3.63, 3.8) is 0 Å². The van der Waals surface area contributed by atoms with Crippen molar-refractivity contribution in [2.75, 3.05) is 5.32 Å². The maximum absolute atomic E-state index is 12.3. The summed E-state index contributed by atoms with van der Waals surface area (Å²) in [5, 5.41) is 3.02. The third-order valence-electron chi connectivity index (χ3n) is 3.29. The van der Waals surface area contributed by atoms with Crippen LogP contribution in [0.2, 0.25) is 0 Å². The van der Waals surface area contributed by atoms with E-state index in [1.165, 1.54) is 0 Å². The number of aryl methyl sites for hydroxylation is 3. The summed E-state index contributed by atoms with van der Waals surface area (Å²) in [6.45, 7) is 4.18. The van der Waals surface area contributed by atoms with Crippen LogP contribution in [0.15, 0.2) is 30.7 Å². The summed E-state index contributed by atoms with van der Waals surface area (Å²) in [5.41, 5.74) is 3.83. The summed E-state index contributed by atoms with van der Waals surface area (Å²) in [6.07, 6.45) is 5.00. The molecule has 1 aromatic heterocycles. The van der Waals surface area contributed by atoms with E-state index in [1.807, 2.05) is 13.1 Å². The number of nitrogens with one attached hydrogen (secondary N) is 1. The van der Waals surface area contributed by atoms with Gasteiger partial charge < -0.3 is 9.88 Å². The lowest BCUT2D eigenvalue weighted by Crippen LogP contribution is -2.17. The normalized spacial score (nSPS) is 10.5. The van der Waals surface area contributed by atoms with Gasteiger partial charge in [-0.05, 0) is 24.0 Å². The van der Waals surface area contributed by atoms with Gasteiger partial charge in [0.2, 0.25) is 0 Å². The van der Waals surface area contributed by atoms with Gasteiger partial charge in [0, 0.05) is 12.7 Å². The highest BCUT2D eigenvalue weighted by Crippen LogP contribution is 2.23. The summed E-state index contributed by atoms with van der Waals surface area (Å²) >= 11 is 0. The van der Waals surface area contributed by atoms with Crippen molar-refractivity contribution in [1.29, 1.82) is 0 Å². The summed E-state index contributed by atoms with van der Waals surface area (Å²) < 4.78 is 1.72. The third-order valence-corrected chi connectivity index (χ3v) is 3.29. The monoisotopic (exact) mass is 257 g/mol. The predicted molar refractivity (Wildman–Crippen MR) is 76.4 cm³/mol. The molecule has 100 valence electrons. The third kappa shape index (κ3) is 2.67. The minimum Gasteiger partial charge on any atom is -0.330 e. The molecular weight excluding hydrogens is 238 g/mol. The van der Waals surface area contributed by atoms with Crippen molar-refractivity contribution in [2.24, 2.45) is 7.05 Å². The average Bonchev–Trinajstić information content (AvgIpc) is 2.85. The van der Waals surface area contributed by atoms with Crippen molar-refractivity contribution in [1.82, 2.24) is 9.55 Å². The van der Waals surface area contributed by atoms with E-state index in [9.17, 15) is 4.79 Å². The average molecular weight is 257 g/mol. The number of amides is 1. The molecule has 4 nitrogen and oxygen atoms in total. The van der Waals surface area contributed by atoms with E-state index < -0.39 is 0 Å². The van der Waals surface area contributed by atoms with E-state index in [0.29, 0.717) is 5.69 Å². The molecule has 0 saturated carbocycles. The Morgan fingerprint density at radius 2 is 1.89 bits per heavy atom. The maximum Gasteiger partial charge on any atom is 0.273 e. The molecule has 0 aliphatic rings. The molecule has 19 heavy (non-hydrogen) atoms. The van der Waals surface area contributed by atoms with Gasteiger partial charge in [0.1, 0.15) is 5.69 Å². The van der Waals surface area contributed by atoms with E-state index in [2.05, 4.69) is 36.3 Å². The molecule has 1 N–H and O–H groups in total. The molecule has 1 amide bonds. The number of nitrogens with zero attached hydrogens (tertiary/aromatic N) is 2. The predicted octanol–water partition coefficient (Wildman–Crippen LogP) is 2.80. The number of para-hydroxylation sites is 1. The van der Waals surface area contributed by atoms with Crippen LogP contribution in [0.25, 0.3) is 0 Å². The van der Waals surface area contributed by atoms with E-state index in [1.54, 1.807) is 17.1 Å². The highest BCUT2D eigenvalue weighted by Gasteiger charge is 2.13. The van der Waals surface area contributed by atoms with Gasteiger partial charge in [-0.1, -0.05) is 32.0 Å². The van der Waals surface area contributed by atoms with E-state index in [-0.39, 0.29) is 5.91 Å². The fourth-order valence-corrected chi connectivity index (χ4v) is 2.16. The molecule has 0 atom stereocenters. The van der Waals surface area contributed by atoms with Gasteiger partial charge in [-0.3, -0.25) is 4.79 Å². The quantitative estimate of drug-likeness (QED) is 0.915. The molecule has 1 aromatic carbocycles. The highest BCUT2D eigenvalue weighted by molar-refractivity contribution is 6.03. The number of rotatable bonds is 4. The first-order valence-corrected chi connectivity index (χ1v) is 6.55. The van der Waals surface area contributed by atoms with Gasteiger partial charge in [0.05, 0.1) is 12.5 Å². The van der Waals surface area contributed by atoms with Crippen molar-refractivity contribution in [3.05, 3.63) is 47.5 Å². The van der Waals surface area contributed by atoms with Crippen molar-refractivity contribution < 1.29 is 4.79 Å². The van der Waals surface area contributed by atoms with Crippen LogP contribution >= 0.6 is 0 Å². The second-order valence-electron chi connectivity index (χ2n) is 4.50. The lowest BCUT2D eigenvalue weighted by Gasteiger charge is -2.14. The van der Waals surface area contributed by atoms with Crippen LogP contribution < -0.4 is 5.32 Å². The first-order chi connectivity index (χ1) is 9.17. The Kier molecular flexibility index (Phi) is 4.00. The molecule has 0 aliphatic carbocycles. The lowest BCUT2D eigenvalue weighted by atomic mass is 10.0. The smallest absolute Gasteiger partial charge is 0.273 e. The molecule has 4 heteroatoms. The van der Waals surface area contributed by atoms with Gasteiger partial charge in [0.25, 0.3) is 5.91 Å². The zero-order valence-corrected chi connectivity index (χ0v) is 11.6. The molecule has 0 aliphatic heterocycles. The molecule has 2 aromatic rings. The van der Waals surface area contributed by atoms with Crippen molar-refractivity contribution in [3.8, 4) is 0 Å². The first-order valence-electron chi connectivity index (χ1n) is 6.55. The Morgan fingerprint density at radius 1 is 1.26 bits per heavy atom. The summed E-state index contributed by atoms with van der Waals surface area (Å²) in [5.74, 6) is -0.115. The van der Waals surface area contributed by atoms with Crippen LogP contribution in [-0.4, -0.2) is 15.5 Å². The Morgan fingerprint density at radius 3 is 2.37 bits per heavy atom. The van der Waals surface area contributed by atoms with Gasteiger partial charge in [-0.25, -0.2) is 4.98 Å². The zero-order valence-electron chi connectivity index (χ0n) is 11.6. The SMILES string of the molecule is CCc1cccc(CC)c1NC(=O)c1cncn1C. The highest BCUT2D eigenvalue weighted by atomic mass is 16.2. The van der Waals surface area contributed by atoms with Gasteiger partial charge in [-0.2, -0.15) is 0 Å². The number of anilines is 1. The summed E-state index contributed by atoms with van der Waals surface area (Å²) in [6, 6.07) is 6.15. The fourth-order valence-electron chi connectivity index (χ4n) is 2.16. The number of carbonyl (C=O) groups excluding carboxylic acids is 1. The van der Waals surface area contributed by atoms with Crippen molar-refractivity contribution >= 4 is 11.6 Å².